The summed E-state index contributed by atoms with van der Waals surface area (Å²) < 4.78 is 13.6. The van der Waals surface area contributed by atoms with Crippen LogP contribution in [0.25, 0.3) is 5.65 Å². The number of benzene rings is 1. The van der Waals surface area contributed by atoms with E-state index < -0.39 is 0 Å². The molecule has 7 nitrogen and oxygen atoms in total. The van der Waals surface area contributed by atoms with E-state index in [1.807, 2.05) is 49.6 Å². The minimum atomic E-state index is -0.230. The van der Waals surface area contributed by atoms with Gasteiger partial charge in [-0.1, -0.05) is 6.07 Å². The highest BCUT2D eigenvalue weighted by molar-refractivity contribution is 5.96. The van der Waals surface area contributed by atoms with Crippen LogP contribution in [-0.4, -0.2) is 58.4 Å². The highest BCUT2D eigenvalue weighted by Crippen LogP contribution is 2.21. The number of ketones is 1. The number of hydrogen-bond donors (Lipinski definition) is 0. The van der Waals surface area contributed by atoms with E-state index in [0.29, 0.717) is 43.3 Å². The van der Waals surface area contributed by atoms with E-state index in [9.17, 15) is 9.59 Å². The van der Waals surface area contributed by atoms with Crippen molar-refractivity contribution in [2.24, 2.45) is 0 Å². The summed E-state index contributed by atoms with van der Waals surface area (Å²) in [5.74, 6) is 0.667. The summed E-state index contributed by atoms with van der Waals surface area (Å²) in [6.45, 7) is 9.06. The monoisotopic (exact) mass is 421 g/mol. The largest absolute Gasteiger partial charge is 0.491 e. The van der Waals surface area contributed by atoms with E-state index in [-0.39, 0.29) is 17.8 Å². The predicted molar refractivity (Wildman–Crippen MR) is 117 cm³/mol. The fraction of sp³-hybridized carbons (Fsp3) is 0.375. The second kappa shape index (κ2) is 8.51. The molecule has 1 fully saturated rings. The lowest BCUT2D eigenvalue weighted by molar-refractivity contribution is -0.0403. The second-order valence-corrected chi connectivity index (χ2v) is 8.02. The number of nitrogens with zero attached hydrogens (tertiary/aromatic N) is 3. The Morgan fingerprint density at radius 2 is 2.00 bits per heavy atom. The summed E-state index contributed by atoms with van der Waals surface area (Å²) in [6.07, 6.45) is 1.65. The third-order valence-electron chi connectivity index (χ3n) is 5.66. The highest BCUT2D eigenvalue weighted by atomic mass is 16.5. The number of aromatic nitrogens is 2. The number of fused-ring (bicyclic) bond motifs is 1. The quantitative estimate of drug-likeness (QED) is 0.591. The van der Waals surface area contributed by atoms with Gasteiger partial charge in [-0.2, -0.15) is 0 Å². The van der Waals surface area contributed by atoms with Crippen molar-refractivity contribution in [3.63, 3.8) is 0 Å². The molecule has 1 atom stereocenters. The van der Waals surface area contributed by atoms with Gasteiger partial charge in [0.05, 0.1) is 18.8 Å². The van der Waals surface area contributed by atoms with Crippen LogP contribution in [0.3, 0.4) is 0 Å². The number of aryl methyl sites for hydroxylation is 3. The van der Waals surface area contributed by atoms with Crippen LogP contribution in [-0.2, 0) is 4.74 Å². The van der Waals surface area contributed by atoms with Gasteiger partial charge in [0.1, 0.15) is 29.8 Å². The Morgan fingerprint density at radius 3 is 2.74 bits per heavy atom. The molecule has 0 saturated carbocycles. The lowest BCUT2D eigenvalue weighted by Crippen LogP contribution is -2.48. The van der Waals surface area contributed by atoms with Crippen LogP contribution in [0.15, 0.2) is 36.5 Å². The van der Waals surface area contributed by atoms with E-state index in [0.717, 1.165) is 22.5 Å². The fourth-order valence-electron chi connectivity index (χ4n) is 4.04. The third-order valence-corrected chi connectivity index (χ3v) is 5.66. The number of amides is 1. The number of rotatable bonds is 5. The van der Waals surface area contributed by atoms with E-state index in [1.165, 1.54) is 0 Å². The molecule has 0 bridgehead atoms. The molecule has 4 rings (SSSR count). The predicted octanol–water partition coefficient (Wildman–Crippen LogP) is 3.38. The molecule has 1 unspecified atom stereocenters. The van der Waals surface area contributed by atoms with Gasteiger partial charge in [0.25, 0.3) is 5.91 Å². The van der Waals surface area contributed by atoms with Gasteiger partial charge >= 0.3 is 0 Å². The molecule has 1 aliphatic heterocycles. The number of ether oxygens (including phenoxy) is 2. The molecule has 1 aliphatic rings. The normalized spacial score (nSPS) is 16.5. The molecule has 3 aromatic rings. The molecule has 7 heteroatoms. The molecule has 0 N–H and O–H groups in total. The molecule has 3 heterocycles. The van der Waals surface area contributed by atoms with Crippen LogP contribution >= 0.6 is 0 Å². The number of morpholine rings is 1. The Labute approximate surface area is 181 Å². The first-order valence-corrected chi connectivity index (χ1v) is 10.4. The summed E-state index contributed by atoms with van der Waals surface area (Å²) in [7, 11) is 0. The van der Waals surface area contributed by atoms with Crippen LogP contribution in [0.5, 0.6) is 5.75 Å². The first kappa shape index (κ1) is 21.1. The Balaban J connectivity index is 1.45. The zero-order valence-electron chi connectivity index (χ0n) is 18.3. The minimum absolute atomic E-state index is 0.0340. The number of carbonyl (C=O) groups excluding carboxylic acids is 2. The molecule has 31 heavy (non-hydrogen) atoms. The van der Waals surface area contributed by atoms with Crippen molar-refractivity contribution in [2.75, 3.05) is 26.3 Å². The van der Waals surface area contributed by atoms with Crippen molar-refractivity contribution >= 4 is 17.3 Å². The summed E-state index contributed by atoms with van der Waals surface area (Å²) in [4.78, 5) is 31.3. The summed E-state index contributed by atoms with van der Waals surface area (Å²) in [6, 6.07) is 9.34. The number of imidazole rings is 1. The van der Waals surface area contributed by atoms with Crippen molar-refractivity contribution in [1.29, 1.82) is 0 Å². The smallest absolute Gasteiger partial charge is 0.272 e. The second-order valence-electron chi connectivity index (χ2n) is 8.02. The lowest BCUT2D eigenvalue weighted by Gasteiger charge is -2.32. The van der Waals surface area contributed by atoms with Gasteiger partial charge in [-0.25, -0.2) is 4.98 Å². The molecule has 1 aromatic carbocycles. The average molecular weight is 421 g/mol. The maximum atomic E-state index is 13.3. The minimum Gasteiger partial charge on any atom is -0.491 e. The Morgan fingerprint density at radius 1 is 1.19 bits per heavy atom. The molecular formula is C24H27N3O4. The average Bonchev–Trinajstić information content (AvgIpc) is 3.09. The van der Waals surface area contributed by atoms with Crippen LogP contribution in [0.1, 0.15) is 44.6 Å². The van der Waals surface area contributed by atoms with E-state index in [2.05, 4.69) is 4.98 Å². The summed E-state index contributed by atoms with van der Waals surface area (Å²) in [5, 5.41) is 0. The molecule has 0 spiro atoms. The van der Waals surface area contributed by atoms with Crippen molar-refractivity contribution in [1.82, 2.24) is 14.3 Å². The molecule has 1 amide bonds. The van der Waals surface area contributed by atoms with E-state index >= 15 is 0 Å². The zero-order valence-corrected chi connectivity index (χ0v) is 18.3. The maximum Gasteiger partial charge on any atom is 0.272 e. The molecule has 162 valence electrons. The van der Waals surface area contributed by atoms with Gasteiger partial charge in [0, 0.05) is 18.3 Å². The van der Waals surface area contributed by atoms with Gasteiger partial charge in [-0.05, 0) is 63.1 Å². The Kier molecular flexibility index (Phi) is 5.78. The molecule has 0 aliphatic carbocycles. The number of pyridine rings is 1. The Hall–Kier alpha value is -3.19. The van der Waals surface area contributed by atoms with Gasteiger partial charge in [-0.15, -0.1) is 0 Å². The molecular weight excluding hydrogens is 394 g/mol. The summed E-state index contributed by atoms with van der Waals surface area (Å²) in [5.41, 5.74) is 4.72. The SMILES string of the molecule is CC(=O)c1ccc(OCC2CN(C(=O)c3c(C)nc4c(C)cccn34)CCO2)cc1C. The van der Waals surface area contributed by atoms with Gasteiger partial charge in [0.2, 0.25) is 0 Å². The number of hydrogen-bond acceptors (Lipinski definition) is 5. The molecule has 1 saturated heterocycles. The van der Waals surface area contributed by atoms with Crippen molar-refractivity contribution in [2.45, 2.75) is 33.8 Å². The fourth-order valence-corrected chi connectivity index (χ4v) is 4.04. The molecule has 0 radical (unpaired) electrons. The number of carbonyl (C=O) groups is 2. The topological polar surface area (TPSA) is 73.1 Å². The third kappa shape index (κ3) is 4.18. The first-order chi connectivity index (χ1) is 14.8. The number of Topliss-reactive ketones (excluding diaryl/α,β-unsaturated/α-hetero) is 1. The van der Waals surface area contributed by atoms with Gasteiger partial charge < -0.3 is 14.4 Å². The Bertz CT molecular complexity index is 1150. The highest BCUT2D eigenvalue weighted by Gasteiger charge is 2.29. The van der Waals surface area contributed by atoms with E-state index in [4.69, 9.17) is 9.47 Å². The zero-order chi connectivity index (χ0) is 22.1. The van der Waals surface area contributed by atoms with Crippen LogP contribution in [0, 0.1) is 20.8 Å². The van der Waals surface area contributed by atoms with Crippen LogP contribution < -0.4 is 4.74 Å². The van der Waals surface area contributed by atoms with E-state index in [1.54, 1.807) is 24.0 Å². The van der Waals surface area contributed by atoms with Crippen molar-refractivity contribution in [3.05, 3.63) is 64.6 Å². The first-order valence-electron chi connectivity index (χ1n) is 10.4. The maximum absolute atomic E-state index is 13.3. The van der Waals surface area contributed by atoms with Crippen molar-refractivity contribution < 1.29 is 19.1 Å². The van der Waals surface area contributed by atoms with Gasteiger partial charge in [-0.3, -0.25) is 14.0 Å². The standard InChI is InChI=1S/C24H27N3O4/c1-15-6-5-9-27-22(17(3)25-23(15)27)24(29)26-10-11-30-20(13-26)14-31-19-7-8-21(18(4)28)16(2)12-19/h5-9,12,20H,10-11,13-14H2,1-4H3. The van der Waals surface area contributed by atoms with Gasteiger partial charge in [0.15, 0.2) is 5.78 Å². The van der Waals surface area contributed by atoms with Crippen molar-refractivity contribution in [3.8, 4) is 5.75 Å². The van der Waals surface area contributed by atoms with Crippen LogP contribution in [0.4, 0.5) is 0 Å². The molecule has 2 aromatic heterocycles. The lowest BCUT2D eigenvalue weighted by atomic mass is 10.1. The van der Waals surface area contributed by atoms with Crippen LogP contribution in [0.2, 0.25) is 0 Å². The summed E-state index contributed by atoms with van der Waals surface area (Å²) >= 11 is 0.